The van der Waals surface area contributed by atoms with E-state index in [1.807, 2.05) is 0 Å². The molecule has 0 fully saturated rings. The number of nitrogens with two attached hydrogens (primary N) is 3. The van der Waals surface area contributed by atoms with Crippen LogP contribution >= 0.6 is 7.82 Å². The van der Waals surface area contributed by atoms with Crippen LogP contribution < -0.4 is 17.2 Å². The molecule has 0 radical (unpaired) electrons. The topological polar surface area (TPSA) is 156 Å². The minimum atomic E-state index is -4.64. The van der Waals surface area contributed by atoms with Crippen molar-refractivity contribution in [3.05, 3.63) is 0 Å². The third-order valence-corrected chi connectivity index (χ3v) is 7.54. The lowest BCUT2D eigenvalue weighted by Gasteiger charge is -2.04. The molecule has 0 saturated heterocycles. The molecule has 9 N–H and O–H groups in total. The lowest BCUT2D eigenvalue weighted by molar-refractivity contribution is 0.275. The standard InChI is InChI=1S/3C12H27N.H3O4P/c3*1-3-4-5-6-7-8-9-10-11-12(2)13;1-5(2,3)4/h3*12H,3-11,13H2,1-2H3;(H3,1,2,3,4). The van der Waals surface area contributed by atoms with Crippen molar-refractivity contribution in [2.45, 2.75) is 233 Å². The maximum Gasteiger partial charge on any atom is 0.466 e. The summed E-state index contributed by atoms with van der Waals surface area (Å²) in [4.78, 5) is 21.6. The molecule has 0 saturated carbocycles. The van der Waals surface area contributed by atoms with Gasteiger partial charge in [0.15, 0.2) is 0 Å². The highest BCUT2D eigenvalue weighted by atomic mass is 31.2. The van der Waals surface area contributed by atoms with Gasteiger partial charge < -0.3 is 31.9 Å². The molecule has 3 unspecified atom stereocenters. The van der Waals surface area contributed by atoms with E-state index in [0.717, 1.165) is 0 Å². The molecule has 44 heavy (non-hydrogen) atoms. The lowest BCUT2D eigenvalue weighted by atomic mass is 10.1. The lowest BCUT2D eigenvalue weighted by Crippen LogP contribution is -2.13. The zero-order chi connectivity index (χ0) is 34.3. The number of hydrogen-bond donors (Lipinski definition) is 6. The second kappa shape index (κ2) is 43.0. The summed E-state index contributed by atoms with van der Waals surface area (Å²) in [6.07, 6.45) is 37.2. The Morgan fingerprint density at radius 1 is 0.386 bits per heavy atom. The van der Waals surface area contributed by atoms with Gasteiger partial charge in [-0.15, -0.1) is 0 Å². The first kappa shape index (κ1) is 50.8. The minimum Gasteiger partial charge on any atom is -0.328 e. The minimum absolute atomic E-state index is 0.403. The normalized spacial score (nSPS) is 13.0. The van der Waals surface area contributed by atoms with Gasteiger partial charge >= 0.3 is 7.82 Å². The van der Waals surface area contributed by atoms with Crippen LogP contribution in [0.1, 0.15) is 215 Å². The SMILES string of the molecule is CCCCCCCCCCC(C)N.CCCCCCCCCCC(C)N.CCCCCCCCCCC(C)N.O=P(O)(O)O. The predicted octanol–water partition coefficient (Wildman–Crippen LogP) is 10.7. The van der Waals surface area contributed by atoms with Gasteiger partial charge in [0.25, 0.3) is 0 Å². The van der Waals surface area contributed by atoms with Crippen LogP contribution in [0.25, 0.3) is 0 Å². The van der Waals surface area contributed by atoms with Gasteiger partial charge in [-0.05, 0) is 40.0 Å². The van der Waals surface area contributed by atoms with Crippen molar-refractivity contribution < 1.29 is 19.2 Å². The van der Waals surface area contributed by atoms with Crippen molar-refractivity contribution in [2.75, 3.05) is 0 Å². The third kappa shape index (κ3) is 78.4. The van der Waals surface area contributed by atoms with Crippen molar-refractivity contribution in [3.8, 4) is 0 Å². The molecule has 7 nitrogen and oxygen atoms in total. The average molecular weight is 654 g/mol. The number of phosphoric acid groups is 1. The Kier molecular flexibility index (Phi) is 49.7. The summed E-state index contributed by atoms with van der Waals surface area (Å²) in [5.74, 6) is 0. The van der Waals surface area contributed by atoms with Crippen molar-refractivity contribution in [2.24, 2.45) is 17.2 Å². The van der Waals surface area contributed by atoms with E-state index in [1.54, 1.807) is 0 Å². The molecule has 0 bridgehead atoms. The Bertz CT molecular complexity index is 466. The van der Waals surface area contributed by atoms with Gasteiger partial charge in [-0.1, -0.05) is 175 Å². The van der Waals surface area contributed by atoms with Gasteiger partial charge in [0.2, 0.25) is 0 Å². The van der Waals surface area contributed by atoms with Gasteiger partial charge in [0, 0.05) is 18.1 Å². The van der Waals surface area contributed by atoms with E-state index in [4.69, 9.17) is 36.4 Å². The van der Waals surface area contributed by atoms with Crippen LogP contribution in [-0.4, -0.2) is 32.8 Å². The first-order chi connectivity index (χ1) is 20.8. The van der Waals surface area contributed by atoms with Crippen molar-refractivity contribution in [1.29, 1.82) is 0 Å². The fourth-order valence-corrected chi connectivity index (χ4v) is 4.80. The van der Waals surface area contributed by atoms with Gasteiger partial charge in [-0.2, -0.15) is 0 Å². The van der Waals surface area contributed by atoms with Crippen LogP contribution in [-0.2, 0) is 4.57 Å². The Morgan fingerprint density at radius 2 is 0.523 bits per heavy atom. The molecule has 3 atom stereocenters. The van der Waals surface area contributed by atoms with Gasteiger partial charge in [-0.3, -0.25) is 0 Å². The first-order valence-corrected chi connectivity index (χ1v) is 20.4. The Balaban J connectivity index is -0.000000253. The first-order valence-electron chi connectivity index (χ1n) is 18.9. The van der Waals surface area contributed by atoms with E-state index in [0.29, 0.717) is 18.1 Å². The van der Waals surface area contributed by atoms with Crippen molar-refractivity contribution in [1.82, 2.24) is 0 Å². The van der Waals surface area contributed by atoms with E-state index in [1.165, 1.54) is 173 Å². The number of rotatable bonds is 27. The molecule has 0 spiro atoms. The summed E-state index contributed by atoms with van der Waals surface area (Å²) < 4.78 is 8.88. The van der Waals surface area contributed by atoms with Gasteiger partial charge in [0.1, 0.15) is 0 Å². The summed E-state index contributed by atoms with van der Waals surface area (Å²) >= 11 is 0. The second-order valence-electron chi connectivity index (χ2n) is 13.2. The van der Waals surface area contributed by atoms with Gasteiger partial charge in [0.05, 0.1) is 0 Å². The molecule has 0 amide bonds. The molecular weight excluding hydrogens is 569 g/mol. The maximum absolute atomic E-state index is 8.88. The fraction of sp³-hybridized carbons (Fsp3) is 1.00. The molecule has 0 aliphatic heterocycles. The average Bonchev–Trinajstić information content (AvgIpc) is 2.92. The molecular formula is C36H84N3O4P. The van der Waals surface area contributed by atoms with E-state index in [9.17, 15) is 0 Å². The Morgan fingerprint density at radius 3 is 0.659 bits per heavy atom. The predicted molar refractivity (Wildman–Crippen MR) is 197 cm³/mol. The summed E-state index contributed by atoms with van der Waals surface area (Å²) in [5.41, 5.74) is 17.0. The molecule has 0 aromatic heterocycles. The molecule has 8 heteroatoms. The van der Waals surface area contributed by atoms with Crippen LogP contribution in [0.2, 0.25) is 0 Å². The van der Waals surface area contributed by atoms with E-state index < -0.39 is 7.82 Å². The Labute approximate surface area is 276 Å². The smallest absolute Gasteiger partial charge is 0.328 e. The van der Waals surface area contributed by atoms with E-state index >= 15 is 0 Å². The third-order valence-electron chi connectivity index (χ3n) is 7.54. The molecule has 0 aliphatic rings. The van der Waals surface area contributed by atoms with E-state index in [-0.39, 0.29) is 0 Å². The molecule has 0 aromatic carbocycles. The quantitative estimate of drug-likeness (QED) is 0.0380. The summed E-state index contributed by atoms with van der Waals surface area (Å²) in [6.45, 7) is 13.1. The van der Waals surface area contributed by atoms with Crippen molar-refractivity contribution in [3.63, 3.8) is 0 Å². The highest BCUT2D eigenvalue weighted by Crippen LogP contribution is 2.25. The Hall–Kier alpha value is -0.0100. The fourth-order valence-electron chi connectivity index (χ4n) is 4.80. The zero-order valence-corrected chi connectivity index (χ0v) is 31.6. The largest absolute Gasteiger partial charge is 0.466 e. The molecule has 0 aliphatic carbocycles. The van der Waals surface area contributed by atoms with Crippen LogP contribution in [0.15, 0.2) is 0 Å². The molecule has 0 rings (SSSR count). The monoisotopic (exact) mass is 654 g/mol. The highest BCUT2D eigenvalue weighted by Gasteiger charge is 2.00. The summed E-state index contributed by atoms with van der Waals surface area (Å²) in [7, 11) is -4.64. The number of hydrogen-bond acceptors (Lipinski definition) is 4. The van der Waals surface area contributed by atoms with Crippen molar-refractivity contribution >= 4 is 7.82 Å². The van der Waals surface area contributed by atoms with Crippen LogP contribution in [0.4, 0.5) is 0 Å². The van der Waals surface area contributed by atoms with Crippen LogP contribution in [0.3, 0.4) is 0 Å². The second-order valence-corrected chi connectivity index (χ2v) is 14.3. The molecule has 0 heterocycles. The summed E-state index contributed by atoms with van der Waals surface area (Å²) in [6, 6.07) is 1.21. The van der Waals surface area contributed by atoms with Crippen LogP contribution in [0, 0.1) is 0 Å². The summed E-state index contributed by atoms with van der Waals surface area (Å²) in [5, 5.41) is 0. The maximum atomic E-state index is 8.88. The van der Waals surface area contributed by atoms with Crippen LogP contribution in [0.5, 0.6) is 0 Å². The molecule has 272 valence electrons. The zero-order valence-electron chi connectivity index (χ0n) is 30.8. The van der Waals surface area contributed by atoms with E-state index in [2.05, 4.69) is 41.5 Å². The number of unbranched alkanes of at least 4 members (excludes halogenated alkanes) is 21. The highest BCUT2D eigenvalue weighted by molar-refractivity contribution is 7.45. The van der Waals surface area contributed by atoms with Gasteiger partial charge in [-0.25, -0.2) is 4.57 Å². The molecule has 0 aromatic rings.